The zero-order chi connectivity index (χ0) is 18.9. The van der Waals surface area contributed by atoms with E-state index in [2.05, 4.69) is 10.5 Å². The largest absolute Gasteiger partial charge is 0.481 e. The van der Waals surface area contributed by atoms with Crippen LogP contribution in [0.25, 0.3) is 0 Å². The van der Waals surface area contributed by atoms with Crippen LogP contribution < -0.4 is 10.2 Å². The third-order valence-corrected chi connectivity index (χ3v) is 3.66. The number of halogens is 1. The SMILES string of the molecule is CCCC(Oc1ccc(Cl)cc1)C(=O)N/N=C/c1cccc([N+](=O)[O-])c1. The predicted molar refractivity (Wildman–Crippen MR) is 99.6 cm³/mol. The standard InChI is InChI=1S/C18H18ClN3O4/c1-2-4-17(26-16-9-7-14(19)8-10-16)18(23)21-20-12-13-5-3-6-15(11-13)22(24)25/h3,5-12,17H,2,4H2,1H3,(H,21,23)/b20-12+. The minimum Gasteiger partial charge on any atom is -0.481 e. The quantitative estimate of drug-likeness (QED) is 0.429. The van der Waals surface area contributed by atoms with Gasteiger partial charge in [-0.2, -0.15) is 5.10 Å². The van der Waals surface area contributed by atoms with Gasteiger partial charge in [0, 0.05) is 22.7 Å². The van der Waals surface area contributed by atoms with E-state index in [0.29, 0.717) is 22.8 Å². The monoisotopic (exact) mass is 375 g/mol. The number of rotatable bonds is 8. The lowest BCUT2D eigenvalue weighted by Gasteiger charge is -2.16. The van der Waals surface area contributed by atoms with E-state index in [9.17, 15) is 14.9 Å². The lowest BCUT2D eigenvalue weighted by molar-refractivity contribution is -0.384. The van der Waals surface area contributed by atoms with Gasteiger partial charge in [0.15, 0.2) is 6.10 Å². The van der Waals surface area contributed by atoms with Crippen molar-refractivity contribution >= 4 is 29.4 Å². The number of non-ortho nitro benzene ring substituents is 1. The van der Waals surface area contributed by atoms with E-state index >= 15 is 0 Å². The Morgan fingerprint density at radius 3 is 2.73 bits per heavy atom. The zero-order valence-electron chi connectivity index (χ0n) is 14.1. The Hall–Kier alpha value is -2.93. The maximum absolute atomic E-state index is 12.3. The van der Waals surface area contributed by atoms with Crippen LogP contribution in [0.4, 0.5) is 5.69 Å². The fraction of sp³-hybridized carbons (Fsp3) is 0.222. The van der Waals surface area contributed by atoms with Crippen LogP contribution >= 0.6 is 11.6 Å². The molecule has 1 unspecified atom stereocenters. The van der Waals surface area contributed by atoms with Crippen molar-refractivity contribution in [2.45, 2.75) is 25.9 Å². The summed E-state index contributed by atoms with van der Waals surface area (Å²) in [5.74, 6) is 0.133. The lowest BCUT2D eigenvalue weighted by Crippen LogP contribution is -2.35. The maximum Gasteiger partial charge on any atom is 0.281 e. The van der Waals surface area contributed by atoms with Crippen molar-refractivity contribution in [1.82, 2.24) is 5.43 Å². The summed E-state index contributed by atoms with van der Waals surface area (Å²) in [5, 5.41) is 15.2. The van der Waals surface area contributed by atoms with Gasteiger partial charge < -0.3 is 4.74 Å². The molecule has 0 radical (unpaired) electrons. The van der Waals surface area contributed by atoms with Crippen LogP contribution in [0.3, 0.4) is 0 Å². The number of carbonyl (C=O) groups is 1. The summed E-state index contributed by atoms with van der Waals surface area (Å²) in [6.45, 7) is 1.94. The maximum atomic E-state index is 12.3. The molecule has 2 rings (SSSR count). The summed E-state index contributed by atoms with van der Waals surface area (Å²) >= 11 is 5.83. The molecule has 136 valence electrons. The fourth-order valence-corrected chi connectivity index (χ4v) is 2.27. The van der Waals surface area contributed by atoms with E-state index < -0.39 is 16.9 Å². The van der Waals surface area contributed by atoms with E-state index in [1.165, 1.54) is 18.3 Å². The normalized spacial score (nSPS) is 11.9. The number of hydrogen-bond acceptors (Lipinski definition) is 5. The molecular formula is C18H18ClN3O4. The summed E-state index contributed by atoms with van der Waals surface area (Å²) in [5.41, 5.74) is 2.86. The number of carbonyl (C=O) groups excluding carboxylic acids is 1. The number of nitrogens with zero attached hydrogens (tertiary/aromatic N) is 2. The molecule has 0 fully saturated rings. The number of nitro benzene ring substituents is 1. The van der Waals surface area contributed by atoms with Crippen molar-refractivity contribution in [3.05, 3.63) is 69.2 Å². The topological polar surface area (TPSA) is 93.8 Å². The number of nitro groups is 1. The van der Waals surface area contributed by atoms with Gasteiger partial charge in [-0.1, -0.05) is 37.1 Å². The molecule has 0 aromatic heterocycles. The van der Waals surface area contributed by atoms with Gasteiger partial charge in [0.2, 0.25) is 0 Å². The van der Waals surface area contributed by atoms with Gasteiger partial charge in [-0.15, -0.1) is 0 Å². The number of ether oxygens (including phenoxy) is 1. The second kappa shape index (κ2) is 9.53. The Bertz CT molecular complexity index is 793. The van der Waals surface area contributed by atoms with Crippen LogP contribution in [-0.2, 0) is 4.79 Å². The summed E-state index contributed by atoms with van der Waals surface area (Å²) < 4.78 is 5.69. The van der Waals surface area contributed by atoms with Gasteiger partial charge in [0.1, 0.15) is 5.75 Å². The van der Waals surface area contributed by atoms with Crippen molar-refractivity contribution < 1.29 is 14.5 Å². The number of nitrogens with one attached hydrogen (secondary N) is 1. The van der Waals surface area contributed by atoms with Gasteiger partial charge in [-0.3, -0.25) is 14.9 Å². The Morgan fingerprint density at radius 1 is 1.35 bits per heavy atom. The molecule has 0 heterocycles. The number of hydrogen-bond donors (Lipinski definition) is 1. The summed E-state index contributed by atoms with van der Waals surface area (Å²) in [6.07, 6.45) is 1.90. The first-order valence-electron chi connectivity index (χ1n) is 7.99. The molecular weight excluding hydrogens is 358 g/mol. The molecule has 1 N–H and O–H groups in total. The first-order chi connectivity index (χ1) is 12.5. The van der Waals surface area contributed by atoms with Gasteiger partial charge >= 0.3 is 0 Å². The predicted octanol–water partition coefficient (Wildman–Crippen LogP) is 3.95. The number of benzene rings is 2. The van der Waals surface area contributed by atoms with E-state index in [1.54, 1.807) is 36.4 Å². The lowest BCUT2D eigenvalue weighted by atomic mass is 10.2. The Balaban J connectivity index is 1.99. The second-order valence-electron chi connectivity index (χ2n) is 5.44. The van der Waals surface area contributed by atoms with Gasteiger partial charge in [-0.05, 0) is 30.7 Å². The number of amides is 1. The van der Waals surface area contributed by atoms with Crippen molar-refractivity contribution in [3.8, 4) is 5.75 Å². The first-order valence-corrected chi connectivity index (χ1v) is 8.37. The Kier molecular flexibility index (Phi) is 7.11. The van der Waals surface area contributed by atoms with Gasteiger partial charge in [-0.25, -0.2) is 5.43 Å². The van der Waals surface area contributed by atoms with Crippen LogP contribution in [0.15, 0.2) is 53.6 Å². The fourth-order valence-electron chi connectivity index (χ4n) is 2.14. The third-order valence-electron chi connectivity index (χ3n) is 3.40. The highest BCUT2D eigenvalue weighted by atomic mass is 35.5. The molecule has 0 aliphatic carbocycles. The van der Waals surface area contributed by atoms with E-state index in [4.69, 9.17) is 16.3 Å². The molecule has 1 amide bonds. The van der Waals surface area contributed by atoms with Gasteiger partial charge in [0.05, 0.1) is 11.1 Å². The highest BCUT2D eigenvalue weighted by Crippen LogP contribution is 2.18. The van der Waals surface area contributed by atoms with E-state index in [-0.39, 0.29) is 5.69 Å². The van der Waals surface area contributed by atoms with Crippen LogP contribution in [0.1, 0.15) is 25.3 Å². The molecule has 7 nitrogen and oxygen atoms in total. The smallest absolute Gasteiger partial charge is 0.281 e. The summed E-state index contributed by atoms with van der Waals surface area (Å²) in [6, 6.07) is 12.7. The van der Waals surface area contributed by atoms with Crippen LogP contribution in [-0.4, -0.2) is 23.1 Å². The minimum absolute atomic E-state index is 0.0461. The van der Waals surface area contributed by atoms with Crippen molar-refractivity contribution in [3.63, 3.8) is 0 Å². The van der Waals surface area contributed by atoms with Crippen molar-refractivity contribution in [1.29, 1.82) is 0 Å². The average Bonchev–Trinajstić information content (AvgIpc) is 2.63. The summed E-state index contributed by atoms with van der Waals surface area (Å²) in [7, 11) is 0. The van der Waals surface area contributed by atoms with Crippen LogP contribution in [0, 0.1) is 10.1 Å². The second-order valence-corrected chi connectivity index (χ2v) is 5.87. The Labute approximate surface area is 155 Å². The minimum atomic E-state index is -0.705. The molecule has 0 aliphatic heterocycles. The third kappa shape index (κ3) is 5.86. The van der Waals surface area contributed by atoms with Crippen molar-refractivity contribution in [2.75, 3.05) is 0 Å². The molecule has 0 bridgehead atoms. The average molecular weight is 376 g/mol. The van der Waals surface area contributed by atoms with Gasteiger partial charge in [0.25, 0.3) is 11.6 Å². The molecule has 1 atom stereocenters. The molecule has 2 aromatic carbocycles. The molecule has 26 heavy (non-hydrogen) atoms. The van der Waals surface area contributed by atoms with E-state index in [0.717, 1.165) is 6.42 Å². The van der Waals surface area contributed by atoms with E-state index in [1.807, 2.05) is 6.92 Å². The molecule has 8 heteroatoms. The number of hydrazone groups is 1. The molecule has 0 saturated heterocycles. The molecule has 0 saturated carbocycles. The molecule has 0 spiro atoms. The molecule has 2 aromatic rings. The zero-order valence-corrected chi connectivity index (χ0v) is 14.8. The van der Waals surface area contributed by atoms with Crippen LogP contribution in [0.5, 0.6) is 5.75 Å². The summed E-state index contributed by atoms with van der Waals surface area (Å²) in [4.78, 5) is 22.6. The molecule has 0 aliphatic rings. The first kappa shape index (κ1) is 19.4. The highest BCUT2D eigenvalue weighted by Gasteiger charge is 2.19. The van der Waals surface area contributed by atoms with Crippen LogP contribution in [0.2, 0.25) is 5.02 Å². The highest BCUT2D eigenvalue weighted by molar-refractivity contribution is 6.30. The van der Waals surface area contributed by atoms with Crippen molar-refractivity contribution in [2.24, 2.45) is 5.10 Å². The Morgan fingerprint density at radius 2 is 2.08 bits per heavy atom.